The van der Waals surface area contributed by atoms with Gasteiger partial charge in [-0.25, -0.2) is 13.2 Å². The van der Waals surface area contributed by atoms with E-state index in [1.54, 1.807) is 30.3 Å². The van der Waals surface area contributed by atoms with E-state index in [-0.39, 0.29) is 17.2 Å². The Bertz CT molecular complexity index is 1260. The van der Waals surface area contributed by atoms with Crippen molar-refractivity contribution in [3.8, 4) is 22.6 Å². The quantitative estimate of drug-likeness (QED) is 0.127. The molecule has 1 fully saturated rings. The molecule has 0 aromatic heterocycles. The van der Waals surface area contributed by atoms with Crippen molar-refractivity contribution in [2.24, 2.45) is 5.92 Å². The second-order valence-electron chi connectivity index (χ2n) is 10.9. The van der Waals surface area contributed by atoms with E-state index in [1.165, 1.54) is 37.8 Å². The minimum atomic E-state index is -0.849. The van der Waals surface area contributed by atoms with Gasteiger partial charge in [0.25, 0.3) is 0 Å². The number of carbonyl (C=O) groups excluding carboxylic acids is 1. The summed E-state index contributed by atoms with van der Waals surface area (Å²) < 4.78 is 55.7. The molecule has 6 heteroatoms. The molecule has 0 heterocycles. The van der Waals surface area contributed by atoms with Crippen molar-refractivity contribution < 1.29 is 27.4 Å². The SMILES string of the molecule is CCCCCCCCOc1ccc(OC(=O)C2CCC(c3ccc(-c4ccc(C)cc4)c(F)c3F)CC2)c(F)c1. The zero-order valence-corrected chi connectivity index (χ0v) is 23.5. The van der Waals surface area contributed by atoms with Crippen LogP contribution in [0.4, 0.5) is 13.2 Å². The maximum atomic E-state index is 15.1. The molecule has 0 radical (unpaired) electrons. The molecule has 3 aromatic carbocycles. The van der Waals surface area contributed by atoms with Gasteiger partial charge in [0, 0.05) is 11.6 Å². The highest BCUT2D eigenvalue weighted by Gasteiger charge is 2.31. The number of unbranched alkanes of at least 4 members (excludes halogenated alkanes) is 5. The van der Waals surface area contributed by atoms with Gasteiger partial charge in [-0.3, -0.25) is 4.79 Å². The molecule has 3 aromatic rings. The second-order valence-corrected chi connectivity index (χ2v) is 10.9. The van der Waals surface area contributed by atoms with E-state index >= 15 is 4.39 Å². The van der Waals surface area contributed by atoms with Crippen molar-refractivity contribution in [1.29, 1.82) is 0 Å². The zero-order chi connectivity index (χ0) is 28.5. The van der Waals surface area contributed by atoms with Crippen LogP contribution in [0.15, 0.2) is 54.6 Å². The minimum Gasteiger partial charge on any atom is -0.493 e. The molecule has 1 aliphatic carbocycles. The maximum absolute atomic E-state index is 15.1. The van der Waals surface area contributed by atoms with E-state index in [2.05, 4.69) is 6.92 Å². The van der Waals surface area contributed by atoms with Crippen LogP contribution in [0.5, 0.6) is 11.5 Å². The Hall–Kier alpha value is -3.28. The van der Waals surface area contributed by atoms with Crippen molar-refractivity contribution in [2.75, 3.05) is 6.61 Å². The average Bonchev–Trinajstić information content (AvgIpc) is 2.96. The summed E-state index contributed by atoms with van der Waals surface area (Å²) >= 11 is 0. The third-order valence-corrected chi connectivity index (χ3v) is 7.86. The van der Waals surface area contributed by atoms with Crippen LogP contribution in [-0.2, 0) is 4.79 Å². The van der Waals surface area contributed by atoms with Gasteiger partial charge in [0.1, 0.15) is 5.75 Å². The molecule has 0 N–H and O–H groups in total. The molecule has 0 amide bonds. The van der Waals surface area contributed by atoms with Gasteiger partial charge in [-0.2, -0.15) is 0 Å². The lowest BCUT2D eigenvalue weighted by Gasteiger charge is -2.28. The smallest absolute Gasteiger partial charge is 0.314 e. The number of hydrogen-bond acceptors (Lipinski definition) is 3. The molecular weight excluding hydrogens is 513 g/mol. The van der Waals surface area contributed by atoms with E-state index in [0.717, 1.165) is 18.4 Å². The summed E-state index contributed by atoms with van der Waals surface area (Å²) in [6.07, 6.45) is 8.82. The summed E-state index contributed by atoms with van der Waals surface area (Å²) in [4.78, 5) is 12.8. The molecule has 0 unspecified atom stereocenters. The van der Waals surface area contributed by atoms with Crippen molar-refractivity contribution >= 4 is 5.97 Å². The van der Waals surface area contributed by atoms with Gasteiger partial charge in [0.2, 0.25) is 0 Å². The summed E-state index contributed by atoms with van der Waals surface area (Å²) in [5.41, 5.74) is 2.25. The molecule has 1 aliphatic rings. The summed E-state index contributed by atoms with van der Waals surface area (Å²) in [7, 11) is 0. The highest BCUT2D eigenvalue weighted by Crippen LogP contribution is 2.39. The molecule has 214 valence electrons. The Morgan fingerprint density at radius 2 is 1.52 bits per heavy atom. The van der Waals surface area contributed by atoms with Crippen LogP contribution < -0.4 is 9.47 Å². The summed E-state index contributed by atoms with van der Waals surface area (Å²) in [6.45, 7) is 4.64. The lowest BCUT2D eigenvalue weighted by Crippen LogP contribution is -2.25. The van der Waals surface area contributed by atoms with Crippen molar-refractivity contribution in [3.63, 3.8) is 0 Å². The first-order valence-electron chi connectivity index (χ1n) is 14.6. The fourth-order valence-electron chi connectivity index (χ4n) is 5.39. The standard InChI is InChI=1S/C34H39F3O3/c1-3-4-5-6-7-8-21-39-27-17-20-31(30(35)22-27)40-34(38)26-15-13-25(14-16-26)29-19-18-28(32(36)33(29)37)24-11-9-23(2)10-12-24/h9-12,17-20,22,25-26H,3-8,13-16,21H2,1-2H3. The third-order valence-electron chi connectivity index (χ3n) is 7.86. The van der Waals surface area contributed by atoms with Crippen LogP contribution in [0.1, 0.15) is 88.2 Å². The number of hydrogen-bond donors (Lipinski definition) is 0. The lowest BCUT2D eigenvalue weighted by molar-refractivity contribution is -0.140. The van der Waals surface area contributed by atoms with Gasteiger partial charge < -0.3 is 9.47 Å². The molecule has 40 heavy (non-hydrogen) atoms. The number of aryl methyl sites for hydroxylation is 1. The highest BCUT2D eigenvalue weighted by atomic mass is 19.2. The first kappa shape index (κ1) is 29.7. The summed E-state index contributed by atoms with van der Waals surface area (Å²) in [6, 6.07) is 14.9. The largest absolute Gasteiger partial charge is 0.493 e. The van der Waals surface area contributed by atoms with Crippen LogP contribution in [0.2, 0.25) is 0 Å². The van der Waals surface area contributed by atoms with Gasteiger partial charge >= 0.3 is 5.97 Å². The predicted octanol–water partition coefficient (Wildman–Crippen LogP) is 9.70. The Kier molecular flexibility index (Phi) is 10.7. The van der Waals surface area contributed by atoms with Crippen molar-refractivity contribution in [1.82, 2.24) is 0 Å². The van der Waals surface area contributed by atoms with Crippen LogP contribution in [0, 0.1) is 30.3 Å². The fraction of sp³-hybridized carbons (Fsp3) is 0.441. The molecule has 3 nitrogen and oxygen atoms in total. The fourth-order valence-corrected chi connectivity index (χ4v) is 5.39. The normalized spacial score (nSPS) is 17.0. The first-order valence-corrected chi connectivity index (χ1v) is 14.6. The van der Waals surface area contributed by atoms with Gasteiger partial charge in [0.05, 0.1) is 12.5 Å². The lowest BCUT2D eigenvalue weighted by atomic mass is 9.78. The molecule has 0 saturated heterocycles. The van der Waals surface area contributed by atoms with Crippen LogP contribution in [0.3, 0.4) is 0 Å². The third kappa shape index (κ3) is 7.67. The zero-order valence-electron chi connectivity index (χ0n) is 23.5. The number of benzene rings is 3. The second kappa shape index (κ2) is 14.4. The van der Waals surface area contributed by atoms with E-state index in [0.29, 0.717) is 49.2 Å². The first-order chi connectivity index (χ1) is 19.4. The average molecular weight is 553 g/mol. The molecule has 0 aliphatic heterocycles. The summed E-state index contributed by atoms with van der Waals surface area (Å²) in [5, 5.41) is 0. The monoisotopic (exact) mass is 552 g/mol. The highest BCUT2D eigenvalue weighted by molar-refractivity contribution is 5.75. The number of ether oxygens (including phenoxy) is 2. The number of esters is 1. The van der Waals surface area contributed by atoms with Crippen LogP contribution in [-0.4, -0.2) is 12.6 Å². The molecular formula is C34H39F3O3. The maximum Gasteiger partial charge on any atom is 0.314 e. The predicted molar refractivity (Wildman–Crippen MR) is 152 cm³/mol. The molecule has 4 rings (SSSR count). The molecule has 0 bridgehead atoms. The number of rotatable bonds is 12. The van der Waals surface area contributed by atoms with E-state index in [1.807, 2.05) is 19.1 Å². The van der Waals surface area contributed by atoms with Gasteiger partial charge in [-0.1, -0.05) is 81.0 Å². The van der Waals surface area contributed by atoms with Gasteiger partial charge in [0.15, 0.2) is 23.2 Å². The topological polar surface area (TPSA) is 35.5 Å². The van der Waals surface area contributed by atoms with Gasteiger partial charge in [-0.15, -0.1) is 0 Å². The van der Waals surface area contributed by atoms with E-state index in [9.17, 15) is 13.6 Å². The Morgan fingerprint density at radius 3 is 2.23 bits per heavy atom. The Morgan fingerprint density at radius 1 is 0.825 bits per heavy atom. The molecule has 0 spiro atoms. The van der Waals surface area contributed by atoms with E-state index in [4.69, 9.17) is 9.47 Å². The van der Waals surface area contributed by atoms with E-state index < -0.39 is 29.3 Å². The van der Waals surface area contributed by atoms with Crippen LogP contribution >= 0.6 is 0 Å². The van der Waals surface area contributed by atoms with Gasteiger partial charge in [-0.05, 0) is 68.2 Å². The number of carbonyl (C=O) groups is 1. The van der Waals surface area contributed by atoms with Crippen LogP contribution in [0.25, 0.3) is 11.1 Å². The van der Waals surface area contributed by atoms with Crippen molar-refractivity contribution in [2.45, 2.75) is 84.0 Å². The minimum absolute atomic E-state index is 0.126. The molecule has 0 atom stereocenters. The summed E-state index contributed by atoms with van der Waals surface area (Å²) in [5.74, 6) is -3.15. The van der Waals surface area contributed by atoms with Crippen molar-refractivity contribution in [3.05, 3.63) is 83.2 Å². The molecule has 1 saturated carbocycles. The Labute approximate surface area is 235 Å². The number of halogens is 3. The Balaban J connectivity index is 1.27.